The first-order valence-corrected chi connectivity index (χ1v) is 6.33. The maximum atomic E-state index is 12.3. The molecule has 0 fully saturated rings. The van der Waals surface area contributed by atoms with Gasteiger partial charge in [-0.3, -0.25) is 0 Å². The van der Waals surface area contributed by atoms with Crippen LogP contribution >= 0.6 is 0 Å². The molecule has 0 aliphatic rings. The SMILES string of the molecule is NC(CF)Cc1ccc(-c2ccc(CO)cc2)cc1. The summed E-state index contributed by atoms with van der Waals surface area (Å²) in [6.45, 7) is -0.440. The number of halogens is 1. The first kappa shape index (κ1) is 13.7. The highest BCUT2D eigenvalue weighted by atomic mass is 19.1. The molecule has 0 heterocycles. The van der Waals surface area contributed by atoms with Crippen LogP contribution in [0.3, 0.4) is 0 Å². The second-order valence-corrected chi connectivity index (χ2v) is 4.67. The lowest BCUT2D eigenvalue weighted by atomic mass is 10.0. The predicted molar refractivity (Wildman–Crippen MR) is 75.5 cm³/mol. The van der Waals surface area contributed by atoms with Crippen LogP contribution in [-0.4, -0.2) is 17.8 Å². The number of rotatable bonds is 5. The third-order valence-electron chi connectivity index (χ3n) is 3.12. The lowest BCUT2D eigenvalue weighted by Gasteiger charge is -2.08. The molecule has 0 aliphatic carbocycles. The van der Waals surface area contributed by atoms with Crippen molar-refractivity contribution in [2.24, 2.45) is 5.73 Å². The fourth-order valence-electron chi connectivity index (χ4n) is 1.99. The lowest BCUT2D eigenvalue weighted by Crippen LogP contribution is -2.24. The van der Waals surface area contributed by atoms with Crippen LogP contribution in [0.4, 0.5) is 4.39 Å². The predicted octanol–water partition coefficient (Wildman–Crippen LogP) is 2.69. The molecule has 0 bridgehead atoms. The average molecular weight is 259 g/mol. The van der Waals surface area contributed by atoms with Gasteiger partial charge in [0.1, 0.15) is 6.67 Å². The molecule has 1 unspecified atom stereocenters. The fourth-order valence-corrected chi connectivity index (χ4v) is 1.99. The second-order valence-electron chi connectivity index (χ2n) is 4.67. The van der Waals surface area contributed by atoms with Gasteiger partial charge in [-0.1, -0.05) is 48.5 Å². The molecule has 0 amide bonds. The van der Waals surface area contributed by atoms with Crippen LogP contribution in [0.5, 0.6) is 0 Å². The van der Waals surface area contributed by atoms with Crippen molar-refractivity contribution >= 4 is 0 Å². The van der Waals surface area contributed by atoms with Crippen molar-refractivity contribution in [3.8, 4) is 11.1 Å². The molecule has 3 N–H and O–H groups in total. The van der Waals surface area contributed by atoms with Gasteiger partial charge in [0.15, 0.2) is 0 Å². The first-order chi connectivity index (χ1) is 9.22. The second kappa shape index (κ2) is 6.45. The summed E-state index contributed by atoms with van der Waals surface area (Å²) in [4.78, 5) is 0. The Hall–Kier alpha value is -1.71. The van der Waals surface area contributed by atoms with E-state index in [1.54, 1.807) is 0 Å². The third-order valence-corrected chi connectivity index (χ3v) is 3.12. The van der Waals surface area contributed by atoms with Gasteiger partial charge in [-0.2, -0.15) is 0 Å². The topological polar surface area (TPSA) is 46.2 Å². The van der Waals surface area contributed by atoms with Gasteiger partial charge in [0.2, 0.25) is 0 Å². The van der Waals surface area contributed by atoms with Crippen LogP contribution in [0.2, 0.25) is 0 Å². The molecule has 2 aromatic carbocycles. The Kier molecular flexibility index (Phi) is 4.66. The van der Waals surface area contributed by atoms with Crippen molar-refractivity contribution < 1.29 is 9.50 Å². The Morgan fingerprint density at radius 3 is 1.79 bits per heavy atom. The van der Waals surface area contributed by atoms with Crippen molar-refractivity contribution in [3.05, 3.63) is 59.7 Å². The Morgan fingerprint density at radius 1 is 0.895 bits per heavy atom. The molecule has 2 nitrogen and oxygen atoms in total. The minimum Gasteiger partial charge on any atom is -0.392 e. The van der Waals surface area contributed by atoms with Crippen LogP contribution < -0.4 is 5.73 Å². The maximum Gasteiger partial charge on any atom is 0.105 e. The number of aliphatic hydroxyl groups excluding tert-OH is 1. The molecular formula is C16H18FNO. The monoisotopic (exact) mass is 259 g/mol. The van der Waals surface area contributed by atoms with E-state index in [4.69, 9.17) is 10.8 Å². The summed E-state index contributed by atoms with van der Waals surface area (Å²) in [7, 11) is 0. The van der Waals surface area contributed by atoms with E-state index in [0.717, 1.165) is 22.3 Å². The van der Waals surface area contributed by atoms with E-state index in [-0.39, 0.29) is 6.61 Å². The molecule has 100 valence electrons. The van der Waals surface area contributed by atoms with Gasteiger partial charge in [-0.15, -0.1) is 0 Å². The van der Waals surface area contributed by atoms with Crippen LogP contribution in [0, 0.1) is 0 Å². The summed E-state index contributed by atoms with van der Waals surface area (Å²) in [5.41, 5.74) is 9.72. The molecule has 0 saturated heterocycles. The summed E-state index contributed by atoms with van der Waals surface area (Å²) < 4.78 is 12.3. The molecule has 0 spiro atoms. The van der Waals surface area contributed by atoms with Crippen LogP contribution in [0.15, 0.2) is 48.5 Å². The van der Waals surface area contributed by atoms with E-state index in [2.05, 4.69) is 0 Å². The highest BCUT2D eigenvalue weighted by Crippen LogP contribution is 2.20. The van der Waals surface area contributed by atoms with Crippen molar-refractivity contribution in [2.45, 2.75) is 19.1 Å². The van der Waals surface area contributed by atoms with Crippen molar-refractivity contribution in [3.63, 3.8) is 0 Å². The molecule has 0 saturated carbocycles. The van der Waals surface area contributed by atoms with Gasteiger partial charge in [-0.05, 0) is 28.7 Å². The molecule has 19 heavy (non-hydrogen) atoms. The Morgan fingerprint density at radius 2 is 1.37 bits per heavy atom. The van der Waals surface area contributed by atoms with Gasteiger partial charge < -0.3 is 10.8 Å². The Bertz CT molecular complexity index is 507. The van der Waals surface area contributed by atoms with Gasteiger partial charge in [0.25, 0.3) is 0 Å². The van der Waals surface area contributed by atoms with Crippen molar-refractivity contribution in [2.75, 3.05) is 6.67 Å². The number of hydrogen-bond donors (Lipinski definition) is 2. The zero-order chi connectivity index (χ0) is 13.7. The number of aliphatic hydroxyl groups is 1. The highest BCUT2D eigenvalue weighted by Gasteiger charge is 2.04. The summed E-state index contributed by atoms with van der Waals surface area (Å²) in [6, 6.07) is 15.3. The van der Waals surface area contributed by atoms with Gasteiger partial charge in [-0.25, -0.2) is 4.39 Å². The number of hydrogen-bond acceptors (Lipinski definition) is 2. The quantitative estimate of drug-likeness (QED) is 0.867. The maximum absolute atomic E-state index is 12.3. The minimum absolute atomic E-state index is 0.0559. The molecule has 0 aromatic heterocycles. The number of nitrogens with two attached hydrogens (primary N) is 1. The van der Waals surface area contributed by atoms with E-state index < -0.39 is 12.7 Å². The van der Waals surface area contributed by atoms with E-state index >= 15 is 0 Å². The molecular weight excluding hydrogens is 241 g/mol. The summed E-state index contributed by atoms with van der Waals surface area (Å²) in [5.74, 6) is 0. The molecule has 3 heteroatoms. The largest absolute Gasteiger partial charge is 0.392 e. The Labute approximate surface area is 112 Å². The molecule has 1 atom stereocenters. The van der Waals surface area contributed by atoms with Gasteiger partial charge in [0, 0.05) is 6.04 Å². The zero-order valence-electron chi connectivity index (χ0n) is 10.7. The third kappa shape index (κ3) is 3.63. The number of benzene rings is 2. The van der Waals surface area contributed by atoms with Crippen molar-refractivity contribution in [1.29, 1.82) is 0 Å². The smallest absolute Gasteiger partial charge is 0.105 e. The van der Waals surface area contributed by atoms with Crippen molar-refractivity contribution in [1.82, 2.24) is 0 Å². The fraction of sp³-hybridized carbons (Fsp3) is 0.250. The Balaban J connectivity index is 2.12. The molecule has 2 rings (SSSR count). The van der Waals surface area contributed by atoms with E-state index in [9.17, 15) is 4.39 Å². The zero-order valence-corrected chi connectivity index (χ0v) is 10.7. The van der Waals surface area contributed by atoms with Crippen LogP contribution in [0.25, 0.3) is 11.1 Å². The minimum atomic E-state index is -0.496. The summed E-state index contributed by atoms with van der Waals surface area (Å²) in [5, 5.41) is 9.00. The molecule has 2 aromatic rings. The summed E-state index contributed by atoms with van der Waals surface area (Å²) >= 11 is 0. The summed E-state index contributed by atoms with van der Waals surface area (Å²) in [6.07, 6.45) is 0.556. The van der Waals surface area contributed by atoms with E-state index in [0.29, 0.717) is 6.42 Å². The van der Waals surface area contributed by atoms with Crippen LogP contribution in [0.1, 0.15) is 11.1 Å². The highest BCUT2D eigenvalue weighted by molar-refractivity contribution is 5.63. The van der Waals surface area contributed by atoms with Gasteiger partial charge >= 0.3 is 0 Å². The standard InChI is InChI=1S/C16H18FNO/c17-10-16(18)9-12-1-5-14(6-2-12)15-7-3-13(11-19)4-8-15/h1-8,16,19H,9-11,18H2. The number of alkyl halides is 1. The van der Waals surface area contributed by atoms with E-state index in [1.807, 2.05) is 48.5 Å². The average Bonchev–Trinajstić information content (AvgIpc) is 2.48. The normalized spacial score (nSPS) is 12.4. The van der Waals surface area contributed by atoms with E-state index in [1.165, 1.54) is 0 Å². The van der Waals surface area contributed by atoms with Crippen LogP contribution in [-0.2, 0) is 13.0 Å². The van der Waals surface area contributed by atoms with Gasteiger partial charge in [0.05, 0.1) is 6.61 Å². The molecule has 0 radical (unpaired) electrons. The molecule has 0 aliphatic heterocycles. The first-order valence-electron chi connectivity index (χ1n) is 6.33. The lowest BCUT2D eigenvalue weighted by molar-refractivity contribution is 0.282.